The molecule has 0 nitrogen and oxygen atoms in total. The standard InChI is InChI=1S/C16H18.C8H10/c1-11-5-7-15(9-13(11)3)16-8-6-12(2)14(4)10-16;1-7-3-5-8(2)6-4-7/h5-10H,1-4H3;3-6H,1-2H3. The molecule has 3 aromatic rings. The number of rotatable bonds is 1. The predicted octanol–water partition coefficient (Wildman–Crippen LogP) is 6.89. The molecule has 0 heterocycles. The Bertz CT molecular complexity index is 737. The van der Waals surface area contributed by atoms with Crippen molar-refractivity contribution in [2.24, 2.45) is 0 Å². The van der Waals surface area contributed by atoms with Gasteiger partial charge >= 0.3 is 0 Å². The largest absolute Gasteiger partial charge is 0.0591 e. The van der Waals surface area contributed by atoms with Crippen molar-refractivity contribution in [3.05, 3.63) is 94.0 Å². The molecule has 3 rings (SSSR count). The van der Waals surface area contributed by atoms with Crippen LogP contribution in [0.3, 0.4) is 0 Å². The van der Waals surface area contributed by atoms with Crippen LogP contribution in [0.5, 0.6) is 0 Å². The van der Waals surface area contributed by atoms with E-state index in [0.29, 0.717) is 0 Å². The highest BCUT2D eigenvalue weighted by molar-refractivity contribution is 5.66. The van der Waals surface area contributed by atoms with Gasteiger partial charge < -0.3 is 0 Å². The van der Waals surface area contributed by atoms with Gasteiger partial charge in [-0.05, 0) is 74.9 Å². The summed E-state index contributed by atoms with van der Waals surface area (Å²) in [6.07, 6.45) is 0. The fourth-order valence-corrected chi connectivity index (χ4v) is 2.48. The van der Waals surface area contributed by atoms with Gasteiger partial charge in [-0.1, -0.05) is 71.8 Å². The second-order valence-corrected chi connectivity index (χ2v) is 6.75. The Hall–Kier alpha value is -2.34. The molecule has 0 unspecified atom stereocenters. The minimum atomic E-state index is 1.31. The van der Waals surface area contributed by atoms with E-state index in [-0.39, 0.29) is 0 Å². The summed E-state index contributed by atoms with van der Waals surface area (Å²) in [6, 6.07) is 21.8. The molecule has 0 aliphatic rings. The topological polar surface area (TPSA) is 0 Å². The second kappa shape index (κ2) is 7.97. The van der Waals surface area contributed by atoms with Gasteiger partial charge in [0.2, 0.25) is 0 Å². The second-order valence-electron chi connectivity index (χ2n) is 6.75. The van der Waals surface area contributed by atoms with E-state index in [1.807, 2.05) is 0 Å². The molecule has 24 heavy (non-hydrogen) atoms. The first-order valence-electron chi connectivity index (χ1n) is 8.55. The molecule has 0 saturated carbocycles. The minimum Gasteiger partial charge on any atom is -0.0591 e. The molecular formula is C24H28. The summed E-state index contributed by atoms with van der Waals surface area (Å²) in [6.45, 7) is 12.8. The quantitative estimate of drug-likeness (QED) is 0.458. The molecule has 0 aromatic heterocycles. The maximum atomic E-state index is 2.26. The smallest absolute Gasteiger partial charge is 0.0181 e. The van der Waals surface area contributed by atoms with Crippen LogP contribution < -0.4 is 0 Å². The van der Waals surface area contributed by atoms with E-state index in [1.54, 1.807) is 0 Å². The van der Waals surface area contributed by atoms with Gasteiger partial charge in [0.05, 0.1) is 0 Å². The van der Waals surface area contributed by atoms with Crippen molar-refractivity contribution in [3.8, 4) is 11.1 Å². The Balaban J connectivity index is 0.000000219. The molecule has 0 bridgehead atoms. The molecule has 0 spiro atoms. The molecule has 0 radical (unpaired) electrons. The molecule has 124 valence electrons. The first-order valence-corrected chi connectivity index (χ1v) is 8.55. The third-order valence-electron chi connectivity index (χ3n) is 4.57. The predicted molar refractivity (Wildman–Crippen MR) is 107 cm³/mol. The molecule has 0 saturated heterocycles. The third-order valence-corrected chi connectivity index (χ3v) is 4.57. The van der Waals surface area contributed by atoms with Crippen molar-refractivity contribution in [1.29, 1.82) is 0 Å². The van der Waals surface area contributed by atoms with Gasteiger partial charge in [-0.15, -0.1) is 0 Å². The summed E-state index contributed by atoms with van der Waals surface area (Å²) < 4.78 is 0. The SMILES string of the molecule is Cc1ccc(-c2ccc(C)c(C)c2)cc1C.Cc1ccc(C)cc1. The zero-order valence-corrected chi connectivity index (χ0v) is 15.8. The first-order chi connectivity index (χ1) is 11.4. The van der Waals surface area contributed by atoms with Gasteiger partial charge in [-0.2, -0.15) is 0 Å². The zero-order valence-electron chi connectivity index (χ0n) is 15.8. The van der Waals surface area contributed by atoms with E-state index in [9.17, 15) is 0 Å². The Kier molecular flexibility index (Phi) is 5.98. The normalized spacial score (nSPS) is 10.1. The van der Waals surface area contributed by atoms with Crippen LogP contribution in [0.2, 0.25) is 0 Å². The summed E-state index contributed by atoms with van der Waals surface area (Å²) in [5, 5.41) is 0. The number of benzene rings is 3. The van der Waals surface area contributed by atoms with Crippen LogP contribution >= 0.6 is 0 Å². The van der Waals surface area contributed by atoms with Crippen LogP contribution in [-0.4, -0.2) is 0 Å². The molecule has 0 aliphatic carbocycles. The summed E-state index contributed by atoms with van der Waals surface area (Å²) in [5.41, 5.74) is 10.7. The third kappa shape index (κ3) is 4.83. The maximum absolute atomic E-state index is 2.26. The van der Waals surface area contributed by atoms with E-state index >= 15 is 0 Å². The highest BCUT2D eigenvalue weighted by Crippen LogP contribution is 2.24. The number of aryl methyl sites for hydroxylation is 6. The lowest BCUT2D eigenvalue weighted by Crippen LogP contribution is -1.86. The molecule has 0 atom stereocenters. The zero-order chi connectivity index (χ0) is 17.7. The van der Waals surface area contributed by atoms with Gasteiger partial charge in [0.1, 0.15) is 0 Å². The molecule has 3 aromatic carbocycles. The van der Waals surface area contributed by atoms with Crippen molar-refractivity contribution in [3.63, 3.8) is 0 Å². The van der Waals surface area contributed by atoms with Crippen molar-refractivity contribution < 1.29 is 0 Å². The average Bonchev–Trinajstić information content (AvgIpc) is 2.56. The molecule has 0 fully saturated rings. The lowest BCUT2D eigenvalue weighted by atomic mass is 9.98. The van der Waals surface area contributed by atoms with Crippen LogP contribution in [0.25, 0.3) is 11.1 Å². The van der Waals surface area contributed by atoms with Crippen LogP contribution in [0.15, 0.2) is 60.7 Å². The Morgan fingerprint density at radius 3 is 1.00 bits per heavy atom. The Morgan fingerprint density at radius 2 is 0.708 bits per heavy atom. The van der Waals surface area contributed by atoms with Crippen molar-refractivity contribution in [2.45, 2.75) is 41.5 Å². The van der Waals surface area contributed by atoms with E-state index < -0.39 is 0 Å². The monoisotopic (exact) mass is 316 g/mol. The van der Waals surface area contributed by atoms with Gasteiger partial charge in [0.15, 0.2) is 0 Å². The van der Waals surface area contributed by atoms with Crippen molar-refractivity contribution in [1.82, 2.24) is 0 Å². The lowest BCUT2D eigenvalue weighted by molar-refractivity contribution is 1.32. The van der Waals surface area contributed by atoms with Crippen LogP contribution in [-0.2, 0) is 0 Å². The Labute approximate surface area is 147 Å². The first kappa shape index (κ1) is 18.0. The van der Waals surface area contributed by atoms with Gasteiger partial charge in [-0.25, -0.2) is 0 Å². The summed E-state index contributed by atoms with van der Waals surface area (Å²) in [5.74, 6) is 0. The van der Waals surface area contributed by atoms with Gasteiger partial charge in [0.25, 0.3) is 0 Å². The fourth-order valence-electron chi connectivity index (χ4n) is 2.48. The van der Waals surface area contributed by atoms with Crippen molar-refractivity contribution >= 4 is 0 Å². The lowest BCUT2D eigenvalue weighted by Gasteiger charge is -2.08. The van der Waals surface area contributed by atoms with E-state index in [2.05, 4.69) is 102 Å². The fraction of sp³-hybridized carbons (Fsp3) is 0.250. The minimum absolute atomic E-state index is 1.31. The average molecular weight is 316 g/mol. The summed E-state index contributed by atoms with van der Waals surface area (Å²) in [4.78, 5) is 0. The maximum Gasteiger partial charge on any atom is -0.0181 e. The Morgan fingerprint density at radius 1 is 0.375 bits per heavy atom. The number of hydrogen-bond donors (Lipinski definition) is 0. The highest BCUT2D eigenvalue weighted by Gasteiger charge is 2.01. The van der Waals surface area contributed by atoms with Gasteiger partial charge in [0, 0.05) is 0 Å². The molecule has 0 N–H and O–H groups in total. The van der Waals surface area contributed by atoms with Crippen LogP contribution in [0, 0.1) is 41.5 Å². The van der Waals surface area contributed by atoms with E-state index in [0.717, 1.165) is 0 Å². The van der Waals surface area contributed by atoms with E-state index in [1.165, 1.54) is 44.5 Å². The van der Waals surface area contributed by atoms with Gasteiger partial charge in [-0.3, -0.25) is 0 Å². The molecule has 0 amide bonds. The molecular weight excluding hydrogens is 288 g/mol. The molecule has 0 aliphatic heterocycles. The van der Waals surface area contributed by atoms with Crippen LogP contribution in [0.4, 0.5) is 0 Å². The van der Waals surface area contributed by atoms with E-state index in [4.69, 9.17) is 0 Å². The molecule has 0 heteroatoms. The van der Waals surface area contributed by atoms with Crippen molar-refractivity contribution in [2.75, 3.05) is 0 Å². The summed E-state index contributed by atoms with van der Waals surface area (Å²) in [7, 11) is 0. The van der Waals surface area contributed by atoms with Crippen LogP contribution in [0.1, 0.15) is 33.4 Å². The number of hydrogen-bond acceptors (Lipinski definition) is 0. The highest BCUT2D eigenvalue weighted by atomic mass is 14.1. The summed E-state index contributed by atoms with van der Waals surface area (Å²) >= 11 is 0.